The summed E-state index contributed by atoms with van der Waals surface area (Å²) in [6.45, 7) is 1.65. The Kier molecular flexibility index (Phi) is 2.73. The molecule has 3 heterocycles. The molecule has 1 aromatic heterocycles. The third-order valence-corrected chi connectivity index (χ3v) is 4.34. The molecule has 5 nitrogen and oxygen atoms in total. The van der Waals surface area contributed by atoms with E-state index in [1.165, 1.54) is 5.56 Å². The minimum absolute atomic E-state index is 0.00910. The summed E-state index contributed by atoms with van der Waals surface area (Å²) in [6.07, 6.45) is 2.95. The van der Waals surface area contributed by atoms with Gasteiger partial charge in [0.15, 0.2) is 11.9 Å². The summed E-state index contributed by atoms with van der Waals surface area (Å²) < 4.78 is 8.25. The van der Waals surface area contributed by atoms with Crippen LogP contribution in [0.4, 0.5) is 0 Å². The van der Waals surface area contributed by atoms with Gasteiger partial charge in [-0.1, -0.05) is 18.2 Å². The lowest BCUT2D eigenvalue weighted by Gasteiger charge is -2.24. The fourth-order valence-corrected chi connectivity index (χ4v) is 3.17. The Bertz CT molecular complexity index is 612. The first-order valence-corrected chi connectivity index (χ1v) is 7.21. The zero-order chi connectivity index (χ0) is 13.5. The Morgan fingerprint density at radius 3 is 3.05 bits per heavy atom. The number of aryl methyl sites for hydroxylation is 1. The van der Waals surface area contributed by atoms with Crippen LogP contribution >= 0.6 is 0 Å². The number of para-hydroxylation sites is 1. The molecule has 0 bridgehead atoms. The highest BCUT2D eigenvalue weighted by atomic mass is 16.5. The Balaban J connectivity index is 1.64. The minimum atomic E-state index is -0.00910. The predicted octanol–water partition coefficient (Wildman–Crippen LogP) is 1.48. The van der Waals surface area contributed by atoms with Gasteiger partial charge in [0.05, 0.1) is 0 Å². The number of fused-ring (bicyclic) bond motifs is 2. The Morgan fingerprint density at radius 2 is 2.20 bits per heavy atom. The summed E-state index contributed by atoms with van der Waals surface area (Å²) in [5, 5.41) is 8.70. The summed E-state index contributed by atoms with van der Waals surface area (Å²) in [6, 6.07) is 8.19. The molecule has 2 aromatic rings. The van der Waals surface area contributed by atoms with Crippen LogP contribution in [0, 0.1) is 5.92 Å². The van der Waals surface area contributed by atoms with Crippen LogP contribution in [0.2, 0.25) is 0 Å². The van der Waals surface area contributed by atoms with Gasteiger partial charge in [0, 0.05) is 19.4 Å². The lowest BCUT2D eigenvalue weighted by Crippen LogP contribution is -2.28. The number of nitrogens with two attached hydrogens (primary N) is 1. The maximum Gasteiger partial charge on any atom is 0.174 e. The lowest BCUT2D eigenvalue weighted by atomic mass is 9.99. The van der Waals surface area contributed by atoms with Crippen LogP contribution in [0.3, 0.4) is 0 Å². The largest absolute Gasteiger partial charge is 0.482 e. The van der Waals surface area contributed by atoms with E-state index in [4.69, 9.17) is 10.5 Å². The molecule has 0 saturated carbocycles. The van der Waals surface area contributed by atoms with Gasteiger partial charge in [-0.2, -0.15) is 0 Å². The van der Waals surface area contributed by atoms with Crippen molar-refractivity contribution in [2.75, 3.05) is 6.54 Å². The quantitative estimate of drug-likeness (QED) is 0.897. The van der Waals surface area contributed by atoms with Crippen LogP contribution in [-0.4, -0.2) is 21.3 Å². The second-order valence-electron chi connectivity index (χ2n) is 5.64. The van der Waals surface area contributed by atoms with Gasteiger partial charge in [-0.05, 0) is 30.5 Å². The third-order valence-electron chi connectivity index (χ3n) is 4.34. The Morgan fingerprint density at radius 1 is 1.30 bits per heavy atom. The van der Waals surface area contributed by atoms with E-state index in [-0.39, 0.29) is 6.10 Å². The van der Waals surface area contributed by atoms with E-state index < -0.39 is 0 Å². The zero-order valence-electron chi connectivity index (χ0n) is 11.3. The average molecular weight is 270 g/mol. The van der Waals surface area contributed by atoms with Gasteiger partial charge in [-0.15, -0.1) is 10.2 Å². The fourth-order valence-electron chi connectivity index (χ4n) is 3.17. The average Bonchev–Trinajstić information content (AvgIpc) is 3.09. The van der Waals surface area contributed by atoms with Crippen molar-refractivity contribution in [2.24, 2.45) is 11.7 Å². The van der Waals surface area contributed by atoms with Crippen molar-refractivity contribution in [2.45, 2.75) is 31.9 Å². The zero-order valence-corrected chi connectivity index (χ0v) is 11.3. The first-order valence-electron chi connectivity index (χ1n) is 7.21. The van der Waals surface area contributed by atoms with E-state index in [9.17, 15) is 0 Å². The lowest BCUT2D eigenvalue weighted by molar-refractivity contribution is 0.215. The van der Waals surface area contributed by atoms with E-state index >= 15 is 0 Å². The van der Waals surface area contributed by atoms with Crippen molar-refractivity contribution < 1.29 is 4.74 Å². The van der Waals surface area contributed by atoms with Crippen molar-refractivity contribution in [3.05, 3.63) is 41.5 Å². The molecule has 2 aliphatic heterocycles. The number of nitrogens with zero attached hydrogens (tertiary/aromatic N) is 3. The van der Waals surface area contributed by atoms with Crippen LogP contribution in [-0.2, 0) is 19.4 Å². The number of hydrogen-bond donors (Lipinski definition) is 1. The monoisotopic (exact) mass is 270 g/mol. The van der Waals surface area contributed by atoms with Crippen LogP contribution in [0.1, 0.15) is 29.7 Å². The second kappa shape index (κ2) is 4.59. The first-order chi connectivity index (χ1) is 9.85. The smallest absolute Gasteiger partial charge is 0.174 e. The summed E-state index contributed by atoms with van der Waals surface area (Å²) in [5.74, 6) is 3.53. The minimum Gasteiger partial charge on any atom is -0.482 e. The first kappa shape index (κ1) is 11.9. The summed E-state index contributed by atoms with van der Waals surface area (Å²) in [4.78, 5) is 0. The van der Waals surface area contributed by atoms with Crippen LogP contribution in [0.5, 0.6) is 5.75 Å². The van der Waals surface area contributed by atoms with Gasteiger partial charge in [-0.3, -0.25) is 0 Å². The third kappa shape index (κ3) is 1.81. The van der Waals surface area contributed by atoms with E-state index in [1.54, 1.807) is 0 Å². The molecule has 0 fully saturated rings. The van der Waals surface area contributed by atoms with Gasteiger partial charge in [-0.25, -0.2) is 0 Å². The van der Waals surface area contributed by atoms with Crippen LogP contribution in [0.25, 0.3) is 0 Å². The topological polar surface area (TPSA) is 66.0 Å². The van der Waals surface area contributed by atoms with Crippen LogP contribution < -0.4 is 10.5 Å². The highest BCUT2D eigenvalue weighted by Crippen LogP contribution is 2.36. The number of rotatable bonds is 2. The SMILES string of the molecule is NCC1CCc2nnc(C3Cc4ccccc4O3)n2C1. The molecule has 2 aliphatic rings. The van der Waals surface area contributed by atoms with Crippen molar-refractivity contribution in [3.8, 4) is 5.75 Å². The van der Waals surface area contributed by atoms with Crippen molar-refractivity contribution in [3.63, 3.8) is 0 Å². The standard InChI is InChI=1S/C15H18N4O/c16-8-10-5-6-14-17-18-15(19(14)9-10)13-7-11-3-1-2-4-12(11)20-13/h1-4,10,13H,5-9,16H2. The van der Waals surface area contributed by atoms with Gasteiger partial charge in [0.2, 0.25) is 0 Å². The van der Waals surface area contributed by atoms with Crippen molar-refractivity contribution in [1.29, 1.82) is 0 Å². The molecule has 104 valence electrons. The maximum atomic E-state index is 6.03. The number of hydrogen-bond acceptors (Lipinski definition) is 4. The molecule has 0 saturated heterocycles. The molecule has 0 radical (unpaired) electrons. The highest BCUT2D eigenvalue weighted by Gasteiger charge is 2.31. The fraction of sp³-hybridized carbons (Fsp3) is 0.467. The Labute approximate surface area is 117 Å². The van der Waals surface area contributed by atoms with E-state index in [0.29, 0.717) is 5.92 Å². The highest BCUT2D eigenvalue weighted by molar-refractivity contribution is 5.38. The number of benzene rings is 1. The maximum absolute atomic E-state index is 6.03. The van der Waals surface area contributed by atoms with Gasteiger partial charge in [0.25, 0.3) is 0 Å². The number of ether oxygens (including phenoxy) is 1. The van der Waals surface area contributed by atoms with Gasteiger partial charge >= 0.3 is 0 Å². The number of aromatic nitrogens is 3. The summed E-state index contributed by atoms with van der Waals surface area (Å²) in [5.41, 5.74) is 7.07. The summed E-state index contributed by atoms with van der Waals surface area (Å²) >= 11 is 0. The molecule has 2 atom stereocenters. The molecule has 0 amide bonds. The molecule has 2 unspecified atom stereocenters. The molecule has 2 N–H and O–H groups in total. The molecule has 4 rings (SSSR count). The second-order valence-corrected chi connectivity index (χ2v) is 5.64. The van der Waals surface area contributed by atoms with Crippen molar-refractivity contribution in [1.82, 2.24) is 14.8 Å². The molecule has 20 heavy (non-hydrogen) atoms. The normalized spacial score (nSPS) is 24.1. The van der Waals surface area contributed by atoms with Crippen LogP contribution in [0.15, 0.2) is 24.3 Å². The van der Waals surface area contributed by atoms with E-state index in [0.717, 1.165) is 49.8 Å². The molecular formula is C15H18N4O. The molecular weight excluding hydrogens is 252 g/mol. The van der Waals surface area contributed by atoms with E-state index in [1.807, 2.05) is 18.2 Å². The van der Waals surface area contributed by atoms with Crippen molar-refractivity contribution >= 4 is 0 Å². The predicted molar refractivity (Wildman–Crippen MR) is 74.4 cm³/mol. The van der Waals surface area contributed by atoms with Gasteiger partial charge in [0.1, 0.15) is 11.6 Å². The molecule has 1 aromatic carbocycles. The Hall–Kier alpha value is -1.88. The van der Waals surface area contributed by atoms with Gasteiger partial charge < -0.3 is 15.0 Å². The molecule has 5 heteroatoms. The van der Waals surface area contributed by atoms with E-state index in [2.05, 4.69) is 20.8 Å². The molecule has 0 aliphatic carbocycles. The summed E-state index contributed by atoms with van der Waals surface area (Å²) in [7, 11) is 0. The molecule has 0 spiro atoms.